The largest absolute Gasteiger partial charge is 0.466 e. The molecule has 2 heterocycles. The lowest BCUT2D eigenvalue weighted by molar-refractivity contribution is -0.144. The molecule has 0 aliphatic rings. The Hall–Kier alpha value is -2.28. The summed E-state index contributed by atoms with van der Waals surface area (Å²) in [6.45, 7) is -0.405. The average molecular weight is 278 g/mol. The molecule has 0 N–H and O–H groups in total. The Labute approximate surface area is 113 Å². The quantitative estimate of drug-likeness (QED) is 0.789. The van der Waals surface area contributed by atoms with Gasteiger partial charge in [-0.3, -0.25) is 4.98 Å². The molecule has 2 rings (SSSR count). The summed E-state index contributed by atoms with van der Waals surface area (Å²) in [5, 5.41) is 0.687. The number of hydrogen-bond donors (Lipinski definition) is 0. The van der Waals surface area contributed by atoms with Gasteiger partial charge in [0, 0.05) is 18.0 Å². The maximum absolute atomic E-state index is 11.6. The smallest absolute Gasteiger partial charge is 0.350 e. The van der Waals surface area contributed by atoms with Gasteiger partial charge in [-0.25, -0.2) is 14.6 Å². The van der Waals surface area contributed by atoms with Crippen LogP contribution in [0.5, 0.6) is 0 Å². The van der Waals surface area contributed by atoms with Gasteiger partial charge in [-0.2, -0.15) is 0 Å². The van der Waals surface area contributed by atoms with E-state index in [2.05, 4.69) is 14.7 Å². The molecule has 0 bridgehead atoms. The number of carbonyl (C=O) groups is 2. The van der Waals surface area contributed by atoms with Gasteiger partial charge in [0.2, 0.25) is 0 Å². The number of methoxy groups -OCH3 is 1. The van der Waals surface area contributed by atoms with E-state index < -0.39 is 18.5 Å². The Morgan fingerprint density at radius 3 is 2.74 bits per heavy atom. The fourth-order valence-electron chi connectivity index (χ4n) is 1.25. The van der Waals surface area contributed by atoms with Crippen molar-refractivity contribution in [1.82, 2.24) is 9.97 Å². The van der Waals surface area contributed by atoms with Gasteiger partial charge in [0.1, 0.15) is 9.88 Å². The monoisotopic (exact) mass is 278 g/mol. The summed E-state index contributed by atoms with van der Waals surface area (Å²) in [7, 11) is 1.23. The van der Waals surface area contributed by atoms with Crippen molar-refractivity contribution in [3.05, 3.63) is 35.6 Å². The van der Waals surface area contributed by atoms with E-state index in [9.17, 15) is 9.59 Å². The number of aromatic nitrogens is 2. The molecule has 0 aliphatic carbocycles. The minimum Gasteiger partial charge on any atom is -0.466 e. The summed E-state index contributed by atoms with van der Waals surface area (Å²) in [4.78, 5) is 30.9. The minimum atomic E-state index is -0.604. The molecule has 0 fully saturated rings. The highest BCUT2D eigenvalue weighted by Crippen LogP contribution is 2.24. The van der Waals surface area contributed by atoms with E-state index in [1.807, 2.05) is 0 Å². The minimum absolute atomic E-state index is 0.329. The number of esters is 2. The van der Waals surface area contributed by atoms with E-state index in [4.69, 9.17) is 4.74 Å². The zero-order chi connectivity index (χ0) is 13.7. The van der Waals surface area contributed by atoms with Crippen molar-refractivity contribution in [3.8, 4) is 10.6 Å². The Morgan fingerprint density at radius 1 is 1.32 bits per heavy atom. The summed E-state index contributed by atoms with van der Waals surface area (Å²) in [5.74, 6) is -1.20. The van der Waals surface area contributed by atoms with Crippen LogP contribution in [0.2, 0.25) is 0 Å². The second kappa shape index (κ2) is 6.05. The summed E-state index contributed by atoms with van der Waals surface area (Å²) >= 11 is 1.19. The van der Waals surface area contributed by atoms with Crippen LogP contribution in [-0.4, -0.2) is 35.6 Å². The number of rotatable bonds is 4. The number of nitrogens with zero attached hydrogens (tertiary/aromatic N) is 2. The average Bonchev–Trinajstić information content (AvgIpc) is 2.95. The Morgan fingerprint density at radius 2 is 2.05 bits per heavy atom. The van der Waals surface area contributed by atoms with Crippen LogP contribution in [0.4, 0.5) is 0 Å². The first-order valence-corrected chi connectivity index (χ1v) is 6.12. The molecular weight excluding hydrogens is 268 g/mol. The predicted molar refractivity (Wildman–Crippen MR) is 67.6 cm³/mol. The maximum Gasteiger partial charge on any atom is 0.350 e. The molecule has 0 radical (unpaired) electrons. The van der Waals surface area contributed by atoms with Crippen molar-refractivity contribution < 1.29 is 19.1 Å². The molecule has 2 aromatic heterocycles. The molecule has 7 heteroatoms. The molecule has 98 valence electrons. The van der Waals surface area contributed by atoms with Gasteiger partial charge >= 0.3 is 11.9 Å². The highest BCUT2D eigenvalue weighted by atomic mass is 32.1. The molecule has 0 saturated heterocycles. The Kier molecular flexibility index (Phi) is 4.19. The SMILES string of the molecule is COC(=O)COC(=O)c1cnc(-c2ccncc2)s1. The molecule has 6 nitrogen and oxygen atoms in total. The summed E-state index contributed by atoms with van der Waals surface area (Å²) in [5.41, 5.74) is 0.868. The van der Waals surface area contributed by atoms with Crippen LogP contribution in [0.3, 0.4) is 0 Å². The number of hydrogen-bond acceptors (Lipinski definition) is 7. The number of ether oxygens (including phenoxy) is 2. The first-order valence-electron chi connectivity index (χ1n) is 5.31. The summed E-state index contributed by atoms with van der Waals surface area (Å²) in [6.07, 6.45) is 4.71. The zero-order valence-corrected chi connectivity index (χ0v) is 10.8. The van der Waals surface area contributed by atoms with Crippen LogP contribution in [0.15, 0.2) is 30.7 Å². The van der Waals surface area contributed by atoms with E-state index in [0.29, 0.717) is 9.88 Å². The third-order valence-electron chi connectivity index (χ3n) is 2.18. The van der Waals surface area contributed by atoms with Gasteiger partial charge in [-0.15, -0.1) is 11.3 Å². The van der Waals surface area contributed by atoms with E-state index in [1.54, 1.807) is 24.5 Å². The molecule has 0 atom stereocenters. The number of thiazole rings is 1. The van der Waals surface area contributed by atoms with Crippen molar-refractivity contribution in [3.63, 3.8) is 0 Å². The van der Waals surface area contributed by atoms with Crippen LogP contribution in [-0.2, 0) is 14.3 Å². The fourth-order valence-corrected chi connectivity index (χ4v) is 2.07. The second-order valence-corrected chi connectivity index (χ2v) is 4.45. The maximum atomic E-state index is 11.6. The molecule has 0 amide bonds. The number of carbonyl (C=O) groups excluding carboxylic acids is 2. The molecule has 0 aliphatic heterocycles. The lowest BCUT2D eigenvalue weighted by Crippen LogP contribution is -2.14. The lowest BCUT2D eigenvalue weighted by Gasteiger charge is -2.00. The van der Waals surface area contributed by atoms with E-state index >= 15 is 0 Å². The van der Waals surface area contributed by atoms with Crippen LogP contribution < -0.4 is 0 Å². The lowest BCUT2D eigenvalue weighted by atomic mass is 10.3. The molecule has 19 heavy (non-hydrogen) atoms. The van der Waals surface area contributed by atoms with Crippen molar-refractivity contribution in [2.45, 2.75) is 0 Å². The van der Waals surface area contributed by atoms with Gasteiger partial charge in [0.15, 0.2) is 6.61 Å². The first-order chi connectivity index (χ1) is 9.20. The standard InChI is InChI=1S/C12H10N2O4S/c1-17-10(15)7-18-12(16)9-6-14-11(19-9)8-2-4-13-5-3-8/h2-6H,7H2,1H3. The highest BCUT2D eigenvalue weighted by molar-refractivity contribution is 7.16. The van der Waals surface area contributed by atoms with Crippen molar-refractivity contribution in [2.24, 2.45) is 0 Å². The fraction of sp³-hybridized carbons (Fsp3) is 0.167. The van der Waals surface area contributed by atoms with Crippen LogP contribution in [0.1, 0.15) is 9.67 Å². The molecular formula is C12H10N2O4S. The Bertz CT molecular complexity index is 582. The van der Waals surface area contributed by atoms with E-state index in [1.165, 1.54) is 24.6 Å². The van der Waals surface area contributed by atoms with Crippen LogP contribution in [0.25, 0.3) is 10.6 Å². The van der Waals surface area contributed by atoms with Gasteiger partial charge < -0.3 is 9.47 Å². The van der Waals surface area contributed by atoms with Gasteiger partial charge in [-0.05, 0) is 12.1 Å². The van der Waals surface area contributed by atoms with Crippen molar-refractivity contribution in [2.75, 3.05) is 13.7 Å². The second-order valence-electron chi connectivity index (χ2n) is 3.42. The number of pyridine rings is 1. The zero-order valence-electron chi connectivity index (χ0n) is 10.0. The highest BCUT2D eigenvalue weighted by Gasteiger charge is 2.14. The topological polar surface area (TPSA) is 78.4 Å². The normalized spacial score (nSPS) is 9.95. The molecule has 0 unspecified atom stereocenters. The summed E-state index contributed by atoms with van der Waals surface area (Å²) < 4.78 is 9.15. The third kappa shape index (κ3) is 3.35. The van der Waals surface area contributed by atoms with Gasteiger partial charge in [0.25, 0.3) is 0 Å². The van der Waals surface area contributed by atoms with E-state index in [0.717, 1.165) is 5.56 Å². The van der Waals surface area contributed by atoms with Gasteiger partial charge in [-0.1, -0.05) is 0 Å². The predicted octanol–water partition coefficient (Wildman–Crippen LogP) is 1.53. The van der Waals surface area contributed by atoms with Crippen LogP contribution >= 0.6 is 11.3 Å². The van der Waals surface area contributed by atoms with E-state index in [-0.39, 0.29) is 0 Å². The molecule has 0 spiro atoms. The Balaban J connectivity index is 2.05. The molecule has 0 aromatic carbocycles. The summed E-state index contributed by atoms with van der Waals surface area (Å²) in [6, 6.07) is 3.59. The third-order valence-corrected chi connectivity index (χ3v) is 3.21. The van der Waals surface area contributed by atoms with Crippen molar-refractivity contribution >= 4 is 23.3 Å². The van der Waals surface area contributed by atoms with Gasteiger partial charge in [0.05, 0.1) is 13.3 Å². The molecule has 2 aromatic rings. The van der Waals surface area contributed by atoms with Crippen molar-refractivity contribution in [1.29, 1.82) is 0 Å². The molecule has 0 saturated carbocycles. The van der Waals surface area contributed by atoms with Crippen LogP contribution in [0, 0.1) is 0 Å². The first kappa shape index (κ1) is 13.2.